The number of hydrogen-bond donors (Lipinski definition) is 1. The normalized spacial score (nSPS) is 16.3. The Morgan fingerprint density at radius 1 is 1.45 bits per heavy atom. The van der Waals surface area contributed by atoms with E-state index >= 15 is 0 Å². The first-order valence-electron chi connectivity index (χ1n) is 7.53. The van der Waals surface area contributed by atoms with Gasteiger partial charge in [-0.2, -0.15) is 0 Å². The first-order valence-corrected chi connectivity index (χ1v) is 7.53. The predicted octanol–water partition coefficient (Wildman–Crippen LogP) is 2.02. The van der Waals surface area contributed by atoms with Gasteiger partial charge in [-0.05, 0) is 32.4 Å². The van der Waals surface area contributed by atoms with Crippen molar-refractivity contribution in [3.63, 3.8) is 0 Å². The third-order valence-corrected chi connectivity index (χ3v) is 4.24. The van der Waals surface area contributed by atoms with Crippen molar-refractivity contribution >= 4 is 11.4 Å². The lowest BCUT2D eigenvalue weighted by Gasteiger charge is -2.37. The number of aliphatic hydroxyl groups is 1. The van der Waals surface area contributed by atoms with Gasteiger partial charge in [-0.3, -0.25) is 10.1 Å². The Balaban J connectivity index is 1.95. The summed E-state index contributed by atoms with van der Waals surface area (Å²) in [4.78, 5) is 14.2. The van der Waals surface area contributed by atoms with Crippen molar-refractivity contribution in [2.75, 3.05) is 38.2 Å². The maximum Gasteiger partial charge on any atom is 0.272 e. The fraction of sp³-hybridized carbons (Fsp3) is 0.600. The van der Waals surface area contributed by atoms with Crippen LogP contribution in [0.5, 0.6) is 0 Å². The SMILES string of the molecule is CN(CCCO)C1CCN(c2ccc([N+](=O)[O-])cc2F)CC1. The highest BCUT2D eigenvalue weighted by Gasteiger charge is 2.24. The van der Waals surface area contributed by atoms with Crippen molar-refractivity contribution in [1.29, 1.82) is 0 Å². The Kier molecular flexibility index (Phi) is 5.68. The van der Waals surface area contributed by atoms with Crippen LogP contribution in [0.1, 0.15) is 19.3 Å². The van der Waals surface area contributed by atoms with E-state index in [1.807, 2.05) is 11.9 Å². The van der Waals surface area contributed by atoms with Gasteiger partial charge in [0, 0.05) is 38.3 Å². The first kappa shape index (κ1) is 16.6. The van der Waals surface area contributed by atoms with Crippen molar-refractivity contribution in [2.24, 2.45) is 0 Å². The molecule has 1 aromatic carbocycles. The van der Waals surface area contributed by atoms with E-state index in [1.54, 1.807) is 0 Å². The summed E-state index contributed by atoms with van der Waals surface area (Å²) in [5.41, 5.74) is 0.210. The number of non-ortho nitro benzene ring substituents is 1. The molecule has 1 aromatic rings. The molecule has 22 heavy (non-hydrogen) atoms. The van der Waals surface area contributed by atoms with Crippen LogP contribution in [0.15, 0.2) is 18.2 Å². The van der Waals surface area contributed by atoms with Crippen LogP contribution in [0.3, 0.4) is 0 Å². The fourth-order valence-corrected chi connectivity index (χ4v) is 2.92. The number of hydrogen-bond acceptors (Lipinski definition) is 5. The summed E-state index contributed by atoms with van der Waals surface area (Å²) in [5, 5.41) is 19.5. The van der Waals surface area contributed by atoms with Crippen LogP contribution >= 0.6 is 0 Å². The molecule has 0 unspecified atom stereocenters. The second-order valence-electron chi connectivity index (χ2n) is 5.67. The highest BCUT2D eigenvalue weighted by molar-refractivity contribution is 5.52. The van der Waals surface area contributed by atoms with Gasteiger partial charge in [0.25, 0.3) is 5.69 Å². The number of benzene rings is 1. The van der Waals surface area contributed by atoms with Crippen molar-refractivity contribution < 1.29 is 14.4 Å². The lowest BCUT2D eigenvalue weighted by atomic mass is 10.0. The Morgan fingerprint density at radius 2 is 2.14 bits per heavy atom. The molecule has 0 spiro atoms. The van der Waals surface area contributed by atoms with Crippen LogP contribution in [-0.4, -0.2) is 54.3 Å². The average Bonchev–Trinajstić information content (AvgIpc) is 2.52. The van der Waals surface area contributed by atoms with Crippen LogP contribution in [0.25, 0.3) is 0 Å². The molecule has 1 N–H and O–H groups in total. The molecule has 1 aliphatic heterocycles. The molecule has 0 atom stereocenters. The van der Waals surface area contributed by atoms with Gasteiger partial charge >= 0.3 is 0 Å². The van der Waals surface area contributed by atoms with Crippen LogP contribution in [0.2, 0.25) is 0 Å². The van der Waals surface area contributed by atoms with E-state index in [9.17, 15) is 14.5 Å². The minimum atomic E-state index is -0.588. The van der Waals surface area contributed by atoms with E-state index in [2.05, 4.69) is 4.90 Å². The molecule has 1 saturated heterocycles. The average molecular weight is 311 g/mol. The third-order valence-electron chi connectivity index (χ3n) is 4.24. The van der Waals surface area contributed by atoms with Crippen LogP contribution in [-0.2, 0) is 0 Å². The van der Waals surface area contributed by atoms with Crippen molar-refractivity contribution in [1.82, 2.24) is 4.90 Å². The van der Waals surface area contributed by atoms with E-state index in [0.717, 1.165) is 45.0 Å². The third kappa shape index (κ3) is 3.92. The fourth-order valence-electron chi connectivity index (χ4n) is 2.92. The number of nitrogens with zero attached hydrogens (tertiary/aromatic N) is 3. The van der Waals surface area contributed by atoms with E-state index in [1.165, 1.54) is 12.1 Å². The zero-order valence-electron chi connectivity index (χ0n) is 12.7. The smallest absolute Gasteiger partial charge is 0.272 e. The summed E-state index contributed by atoms with van der Waals surface area (Å²) in [6.07, 6.45) is 2.59. The Hall–Kier alpha value is -1.73. The molecule has 0 bridgehead atoms. The number of rotatable bonds is 6. The molecule has 0 radical (unpaired) electrons. The minimum Gasteiger partial charge on any atom is -0.396 e. The standard InChI is InChI=1S/C15H22FN3O3/c1-17(7-2-10-20)12-5-8-18(9-6-12)15-4-3-13(19(21)22)11-14(15)16/h3-4,11-12,20H,2,5-10H2,1H3. The number of nitro benzene ring substituents is 1. The Labute approximate surface area is 129 Å². The van der Waals surface area contributed by atoms with Gasteiger partial charge in [0.15, 0.2) is 5.82 Å². The summed E-state index contributed by atoms with van der Waals surface area (Å²) in [6.45, 7) is 2.50. The molecule has 1 aliphatic rings. The van der Waals surface area contributed by atoms with Gasteiger partial charge in [0.1, 0.15) is 0 Å². The molecule has 2 rings (SSSR count). The summed E-state index contributed by atoms with van der Waals surface area (Å²) < 4.78 is 14.0. The van der Waals surface area contributed by atoms with Gasteiger partial charge in [-0.25, -0.2) is 4.39 Å². The number of halogens is 1. The molecule has 6 nitrogen and oxygen atoms in total. The molecular weight excluding hydrogens is 289 g/mol. The molecule has 1 heterocycles. The van der Waals surface area contributed by atoms with Gasteiger partial charge in [0.2, 0.25) is 0 Å². The molecule has 0 amide bonds. The van der Waals surface area contributed by atoms with Crippen LogP contribution in [0.4, 0.5) is 15.8 Å². The second-order valence-corrected chi connectivity index (χ2v) is 5.67. The van der Waals surface area contributed by atoms with E-state index < -0.39 is 10.7 Å². The maximum absolute atomic E-state index is 14.0. The predicted molar refractivity (Wildman–Crippen MR) is 82.6 cm³/mol. The Morgan fingerprint density at radius 3 is 2.68 bits per heavy atom. The van der Waals surface area contributed by atoms with Gasteiger partial charge in [0.05, 0.1) is 16.7 Å². The molecule has 0 aromatic heterocycles. The first-order chi connectivity index (χ1) is 10.5. The van der Waals surface area contributed by atoms with E-state index in [-0.39, 0.29) is 12.3 Å². The summed E-state index contributed by atoms with van der Waals surface area (Å²) in [7, 11) is 2.04. The number of nitro groups is 1. The molecule has 7 heteroatoms. The highest BCUT2D eigenvalue weighted by Crippen LogP contribution is 2.27. The molecule has 122 valence electrons. The van der Waals surface area contributed by atoms with Crippen molar-refractivity contribution in [3.8, 4) is 0 Å². The van der Waals surface area contributed by atoms with E-state index in [0.29, 0.717) is 11.7 Å². The highest BCUT2D eigenvalue weighted by atomic mass is 19.1. The largest absolute Gasteiger partial charge is 0.396 e. The molecule has 0 aliphatic carbocycles. The van der Waals surface area contributed by atoms with Gasteiger partial charge in [-0.1, -0.05) is 0 Å². The van der Waals surface area contributed by atoms with Gasteiger partial charge in [-0.15, -0.1) is 0 Å². The number of aliphatic hydroxyl groups excluding tert-OH is 1. The number of piperidine rings is 1. The summed E-state index contributed by atoms with van der Waals surface area (Å²) >= 11 is 0. The molecule has 0 saturated carbocycles. The zero-order valence-corrected chi connectivity index (χ0v) is 12.7. The maximum atomic E-state index is 14.0. The lowest BCUT2D eigenvalue weighted by Crippen LogP contribution is -2.44. The molecule has 1 fully saturated rings. The van der Waals surface area contributed by atoms with E-state index in [4.69, 9.17) is 5.11 Å². The van der Waals surface area contributed by atoms with Crippen LogP contribution < -0.4 is 4.90 Å². The number of anilines is 1. The monoisotopic (exact) mass is 311 g/mol. The topological polar surface area (TPSA) is 69.8 Å². The van der Waals surface area contributed by atoms with Crippen molar-refractivity contribution in [2.45, 2.75) is 25.3 Å². The molecular formula is C15H22FN3O3. The summed E-state index contributed by atoms with van der Waals surface area (Å²) in [5.74, 6) is -0.540. The minimum absolute atomic E-state index is 0.192. The Bertz CT molecular complexity index is 519. The van der Waals surface area contributed by atoms with Gasteiger partial charge < -0.3 is 14.9 Å². The second kappa shape index (κ2) is 7.51. The van der Waals surface area contributed by atoms with Crippen molar-refractivity contribution in [3.05, 3.63) is 34.1 Å². The van der Waals surface area contributed by atoms with Crippen LogP contribution in [0, 0.1) is 15.9 Å². The lowest BCUT2D eigenvalue weighted by molar-refractivity contribution is -0.385. The summed E-state index contributed by atoms with van der Waals surface area (Å²) in [6, 6.07) is 4.25. The zero-order chi connectivity index (χ0) is 16.1. The quantitative estimate of drug-likeness (QED) is 0.643.